The molecule has 6 rings (SSSR count). The third-order valence-electron chi connectivity index (χ3n) is 8.37. The van der Waals surface area contributed by atoms with Crippen molar-refractivity contribution in [2.45, 2.75) is 45.8 Å². The number of para-hydroxylation sites is 1. The van der Waals surface area contributed by atoms with E-state index in [1.54, 1.807) is 5.19 Å². The van der Waals surface area contributed by atoms with E-state index >= 15 is 0 Å². The van der Waals surface area contributed by atoms with Gasteiger partial charge in [-0.2, -0.15) is 0 Å². The molecule has 160 valence electrons. The summed E-state index contributed by atoms with van der Waals surface area (Å²) < 4.78 is 4.91. The summed E-state index contributed by atoms with van der Waals surface area (Å²) in [6, 6.07) is 24.7. The molecule has 0 atom stereocenters. The first-order chi connectivity index (χ1) is 15.6. The van der Waals surface area contributed by atoms with Gasteiger partial charge in [0.25, 0.3) is 0 Å². The maximum atomic E-state index is 2.59. The van der Waals surface area contributed by atoms with Crippen LogP contribution in [-0.4, -0.2) is 12.5 Å². The standard InChI is InChI=1S/C29H31N2Si/c1-6-32(7-2,8-3)24-18-20-16-17-30(5)28-25-19(4)12-11-15-23(25)31-22-14-10-9-13-21(22)27(24)29(31)26(20)28/h9-18H,6-8H2,1-5H3/q+1. The molecule has 0 fully saturated rings. The summed E-state index contributed by atoms with van der Waals surface area (Å²) in [5.74, 6) is 0. The van der Waals surface area contributed by atoms with Gasteiger partial charge in [0.05, 0.1) is 35.4 Å². The molecule has 0 amide bonds. The smallest absolute Gasteiger partial charge is 0.224 e. The Labute approximate surface area is 190 Å². The fraction of sp³-hybridized carbons (Fsp3) is 0.276. The van der Waals surface area contributed by atoms with Crippen LogP contribution in [0, 0.1) is 6.92 Å². The molecule has 0 radical (unpaired) electrons. The van der Waals surface area contributed by atoms with Crippen LogP contribution >= 0.6 is 0 Å². The summed E-state index contributed by atoms with van der Waals surface area (Å²) >= 11 is 0. The molecule has 0 aliphatic heterocycles. The Hall–Kier alpha value is -2.91. The zero-order valence-corrected chi connectivity index (χ0v) is 20.8. The van der Waals surface area contributed by atoms with Crippen molar-refractivity contribution in [2.75, 3.05) is 0 Å². The first kappa shape index (κ1) is 19.7. The molecular formula is C29H31N2Si+. The lowest BCUT2D eigenvalue weighted by molar-refractivity contribution is -0.643. The monoisotopic (exact) mass is 435 g/mol. The highest BCUT2D eigenvalue weighted by molar-refractivity contribution is 6.93. The second-order valence-electron chi connectivity index (χ2n) is 9.55. The van der Waals surface area contributed by atoms with Crippen LogP contribution in [-0.2, 0) is 7.05 Å². The van der Waals surface area contributed by atoms with E-state index in [1.165, 1.54) is 72.7 Å². The first-order valence-electron chi connectivity index (χ1n) is 12.1. The van der Waals surface area contributed by atoms with Crippen molar-refractivity contribution in [3.05, 3.63) is 66.4 Å². The molecule has 0 spiro atoms. The second-order valence-corrected chi connectivity index (χ2v) is 14.8. The molecule has 3 heteroatoms. The van der Waals surface area contributed by atoms with Crippen LogP contribution in [0.1, 0.15) is 26.3 Å². The van der Waals surface area contributed by atoms with Gasteiger partial charge in [-0.05, 0) is 35.2 Å². The number of nitrogens with zero attached hydrogens (tertiary/aromatic N) is 2. The maximum Gasteiger partial charge on any atom is 0.224 e. The quantitative estimate of drug-likeness (QED) is 0.124. The van der Waals surface area contributed by atoms with E-state index in [-0.39, 0.29) is 0 Å². The van der Waals surface area contributed by atoms with Crippen molar-refractivity contribution in [2.24, 2.45) is 7.05 Å². The molecule has 0 bridgehead atoms. The number of aromatic nitrogens is 2. The lowest BCUT2D eigenvalue weighted by atomic mass is 10.00. The van der Waals surface area contributed by atoms with Gasteiger partial charge in [0.1, 0.15) is 7.05 Å². The van der Waals surface area contributed by atoms with E-state index in [0.29, 0.717) is 0 Å². The molecule has 0 N–H and O–H groups in total. The predicted octanol–water partition coefficient (Wildman–Crippen LogP) is 6.84. The predicted molar refractivity (Wildman–Crippen MR) is 141 cm³/mol. The van der Waals surface area contributed by atoms with Gasteiger partial charge in [-0.1, -0.05) is 75.3 Å². The highest BCUT2D eigenvalue weighted by atomic mass is 28.3. The third-order valence-corrected chi connectivity index (χ3v) is 14.0. The van der Waals surface area contributed by atoms with Gasteiger partial charge in [0.15, 0.2) is 6.20 Å². The van der Waals surface area contributed by atoms with Gasteiger partial charge >= 0.3 is 0 Å². The SMILES string of the molecule is CC[Si](CC)(CC)c1cc2cc[n+](C)c3c4c(C)cccc4n4c5ccccc5c1c4c23. The van der Waals surface area contributed by atoms with Crippen LogP contribution in [0.3, 0.4) is 0 Å². The van der Waals surface area contributed by atoms with E-state index in [4.69, 9.17) is 0 Å². The van der Waals surface area contributed by atoms with Gasteiger partial charge in [-0.25, -0.2) is 4.57 Å². The number of hydrogen-bond acceptors (Lipinski definition) is 0. The molecule has 0 saturated heterocycles. The van der Waals surface area contributed by atoms with Gasteiger partial charge in [0, 0.05) is 16.8 Å². The topological polar surface area (TPSA) is 8.29 Å². The van der Waals surface area contributed by atoms with Crippen molar-refractivity contribution < 1.29 is 4.57 Å². The number of aryl methyl sites for hydroxylation is 2. The van der Waals surface area contributed by atoms with Crippen molar-refractivity contribution >= 4 is 62.3 Å². The van der Waals surface area contributed by atoms with Crippen LogP contribution in [0.15, 0.2) is 60.8 Å². The molecule has 3 heterocycles. The molecule has 32 heavy (non-hydrogen) atoms. The third kappa shape index (κ3) is 2.27. The Morgan fingerprint density at radius 2 is 1.53 bits per heavy atom. The van der Waals surface area contributed by atoms with Crippen molar-refractivity contribution in [1.29, 1.82) is 0 Å². The summed E-state index contributed by atoms with van der Waals surface area (Å²) in [6.07, 6.45) is 2.26. The van der Waals surface area contributed by atoms with Crippen LogP contribution in [0.2, 0.25) is 18.1 Å². The number of rotatable bonds is 4. The normalized spacial score (nSPS) is 12.9. The van der Waals surface area contributed by atoms with Crippen LogP contribution < -0.4 is 9.75 Å². The Balaban J connectivity index is 2.05. The van der Waals surface area contributed by atoms with E-state index in [1.807, 2.05) is 0 Å². The van der Waals surface area contributed by atoms with E-state index < -0.39 is 8.07 Å². The molecule has 2 nitrogen and oxygen atoms in total. The highest BCUT2D eigenvalue weighted by Crippen LogP contribution is 2.41. The van der Waals surface area contributed by atoms with Crippen molar-refractivity contribution in [1.82, 2.24) is 4.40 Å². The Bertz CT molecular complexity index is 1640. The van der Waals surface area contributed by atoms with E-state index in [2.05, 4.69) is 105 Å². The average molecular weight is 436 g/mol. The molecule has 0 aliphatic rings. The molecule has 0 saturated carbocycles. The van der Waals surface area contributed by atoms with E-state index in [9.17, 15) is 0 Å². The van der Waals surface area contributed by atoms with Gasteiger partial charge in [0.2, 0.25) is 5.52 Å². The number of pyridine rings is 2. The van der Waals surface area contributed by atoms with Gasteiger partial charge in [-0.3, -0.25) is 0 Å². The molecule has 6 aromatic rings. The Morgan fingerprint density at radius 1 is 0.812 bits per heavy atom. The van der Waals surface area contributed by atoms with E-state index in [0.717, 1.165) is 0 Å². The zero-order valence-electron chi connectivity index (χ0n) is 19.8. The summed E-state index contributed by atoms with van der Waals surface area (Å²) in [4.78, 5) is 0. The summed E-state index contributed by atoms with van der Waals surface area (Å²) in [7, 11) is 0.592. The minimum absolute atomic E-state index is 1.29. The van der Waals surface area contributed by atoms with Gasteiger partial charge in [-0.15, -0.1) is 0 Å². The summed E-state index contributed by atoms with van der Waals surface area (Å²) in [5, 5.41) is 8.78. The van der Waals surface area contributed by atoms with Gasteiger partial charge < -0.3 is 4.40 Å². The summed E-state index contributed by atoms with van der Waals surface area (Å²) in [5.41, 5.74) is 6.78. The van der Waals surface area contributed by atoms with Crippen molar-refractivity contribution in [3.63, 3.8) is 0 Å². The lowest BCUT2D eigenvalue weighted by Crippen LogP contribution is -2.46. The largest absolute Gasteiger partial charge is 0.307 e. The van der Waals surface area contributed by atoms with Crippen LogP contribution in [0.4, 0.5) is 0 Å². The van der Waals surface area contributed by atoms with Crippen LogP contribution in [0.25, 0.3) is 49.0 Å². The fourth-order valence-corrected chi connectivity index (χ4v) is 10.3. The molecule has 3 aromatic carbocycles. The highest BCUT2D eigenvalue weighted by Gasteiger charge is 2.34. The summed E-state index contributed by atoms with van der Waals surface area (Å²) in [6.45, 7) is 9.53. The number of fused-ring (bicyclic) bond motifs is 6. The average Bonchev–Trinajstić information content (AvgIpc) is 3.17. The minimum atomic E-state index is -1.61. The van der Waals surface area contributed by atoms with Crippen molar-refractivity contribution in [3.8, 4) is 0 Å². The number of benzene rings is 3. The minimum Gasteiger partial charge on any atom is -0.307 e. The number of hydrogen-bond donors (Lipinski definition) is 0. The lowest BCUT2D eigenvalue weighted by Gasteiger charge is -2.30. The second kappa shape index (κ2) is 6.79. The molecule has 3 aromatic heterocycles. The first-order valence-corrected chi connectivity index (χ1v) is 14.7. The van der Waals surface area contributed by atoms with Crippen LogP contribution in [0.5, 0.6) is 0 Å². The molecule has 0 unspecified atom stereocenters. The zero-order chi connectivity index (χ0) is 22.2. The fourth-order valence-electron chi connectivity index (χ4n) is 6.45. The Kier molecular flexibility index (Phi) is 4.19. The maximum absolute atomic E-state index is 2.59. The Morgan fingerprint density at radius 3 is 2.28 bits per heavy atom. The molecule has 0 aliphatic carbocycles. The molecular weight excluding hydrogens is 404 g/mol.